The van der Waals surface area contributed by atoms with E-state index >= 15 is 0 Å². The molecule has 0 bridgehead atoms. The number of carboxylic acid groups (broad SMARTS) is 1. The van der Waals surface area contributed by atoms with Crippen molar-refractivity contribution < 1.29 is 44.6 Å². The van der Waals surface area contributed by atoms with Crippen LogP contribution in [-0.2, 0) is 4.79 Å². The second-order valence-electron chi connectivity index (χ2n) is 2.63. The van der Waals surface area contributed by atoms with Gasteiger partial charge in [-0.25, -0.2) is 0 Å². The summed E-state index contributed by atoms with van der Waals surface area (Å²) in [5.74, 6) is -1.14. The Bertz CT molecular complexity index is 143. The van der Waals surface area contributed by atoms with Crippen molar-refractivity contribution in [1.29, 1.82) is 0 Å². The Hall–Kier alpha value is 0.390. The second-order valence-corrected chi connectivity index (χ2v) is 2.63. The zero-order valence-corrected chi connectivity index (χ0v) is 8.70. The SMILES string of the molecule is C[C@@H]1NC(C(=O)[O-])CC1O.[Na+]. The summed E-state index contributed by atoms with van der Waals surface area (Å²) in [6.07, 6.45) is -0.299. The average molecular weight is 167 g/mol. The Kier molecular flexibility index (Phi) is 4.58. The van der Waals surface area contributed by atoms with E-state index in [4.69, 9.17) is 5.11 Å². The summed E-state index contributed by atoms with van der Waals surface area (Å²) < 4.78 is 0. The summed E-state index contributed by atoms with van der Waals surface area (Å²) in [4.78, 5) is 10.2. The van der Waals surface area contributed by atoms with Gasteiger partial charge in [0.15, 0.2) is 0 Å². The topological polar surface area (TPSA) is 72.4 Å². The van der Waals surface area contributed by atoms with Crippen LogP contribution in [0.25, 0.3) is 0 Å². The van der Waals surface area contributed by atoms with Gasteiger partial charge in [0.2, 0.25) is 0 Å². The van der Waals surface area contributed by atoms with Gasteiger partial charge in [0.05, 0.1) is 12.1 Å². The van der Waals surface area contributed by atoms with Crippen molar-refractivity contribution in [2.75, 3.05) is 0 Å². The molecule has 0 spiro atoms. The molecule has 1 heterocycles. The van der Waals surface area contributed by atoms with E-state index in [1.807, 2.05) is 0 Å². The first-order chi connectivity index (χ1) is 4.61. The van der Waals surface area contributed by atoms with Gasteiger partial charge in [0, 0.05) is 12.1 Å². The molecule has 1 rings (SSSR count). The van der Waals surface area contributed by atoms with Crippen LogP contribution in [0.3, 0.4) is 0 Å². The summed E-state index contributed by atoms with van der Waals surface area (Å²) in [5, 5.41) is 22.0. The fourth-order valence-electron chi connectivity index (χ4n) is 1.11. The normalized spacial score (nSPS) is 36.4. The minimum absolute atomic E-state index is 0. The Morgan fingerprint density at radius 3 is 2.45 bits per heavy atom. The Balaban J connectivity index is 0.000001000. The number of aliphatic hydroxyl groups excluding tert-OH is 1. The van der Waals surface area contributed by atoms with Gasteiger partial charge >= 0.3 is 29.6 Å². The molecular formula is C6H10NNaO3. The molecule has 0 saturated carbocycles. The molecule has 3 atom stereocenters. The maximum atomic E-state index is 10.2. The van der Waals surface area contributed by atoms with E-state index in [-0.39, 0.29) is 42.0 Å². The van der Waals surface area contributed by atoms with Gasteiger partial charge in [-0.1, -0.05) is 0 Å². The van der Waals surface area contributed by atoms with Crippen LogP contribution in [0.5, 0.6) is 0 Å². The first-order valence-corrected chi connectivity index (χ1v) is 3.26. The molecule has 0 aliphatic carbocycles. The van der Waals surface area contributed by atoms with Crippen LogP contribution in [0, 0.1) is 0 Å². The number of aliphatic carboxylic acids is 1. The van der Waals surface area contributed by atoms with E-state index < -0.39 is 18.1 Å². The molecule has 2 unspecified atom stereocenters. The molecule has 4 nitrogen and oxygen atoms in total. The van der Waals surface area contributed by atoms with E-state index in [9.17, 15) is 9.90 Å². The van der Waals surface area contributed by atoms with Crippen LogP contribution >= 0.6 is 0 Å². The first kappa shape index (κ1) is 11.4. The fraction of sp³-hybridized carbons (Fsp3) is 0.833. The van der Waals surface area contributed by atoms with Crippen LogP contribution < -0.4 is 40.0 Å². The molecule has 0 aromatic heterocycles. The van der Waals surface area contributed by atoms with Gasteiger partial charge in [-0.3, -0.25) is 0 Å². The van der Waals surface area contributed by atoms with Crippen LogP contribution in [0.1, 0.15) is 13.3 Å². The predicted octanol–water partition coefficient (Wildman–Crippen LogP) is -5.15. The molecule has 2 N–H and O–H groups in total. The third kappa shape index (κ3) is 2.72. The maximum Gasteiger partial charge on any atom is 1.00 e. The van der Waals surface area contributed by atoms with Gasteiger partial charge in [0.1, 0.15) is 0 Å². The van der Waals surface area contributed by atoms with Crippen molar-refractivity contribution in [2.45, 2.75) is 31.5 Å². The third-order valence-electron chi connectivity index (χ3n) is 1.80. The quantitative estimate of drug-likeness (QED) is 0.383. The summed E-state index contributed by atoms with van der Waals surface area (Å²) >= 11 is 0. The molecule has 0 amide bonds. The van der Waals surface area contributed by atoms with Crippen molar-refractivity contribution in [3.63, 3.8) is 0 Å². The number of carbonyl (C=O) groups is 1. The van der Waals surface area contributed by atoms with Crippen molar-refractivity contribution >= 4 is 5.97 Å². The van der Waals surface area contributed by atoms with E-state index in [1.54, 1.807) is 6.92 Å². The number of carbonyl (C=O) groups excluding carboxylic acids is 1. The molecule has 0 aromatic carbocycles. The summed E-state index contributed by atoms with van der Waals surface area (Å²) in [6.45, 7) is 1.74. The van der Waals surface area contributed by atoms with Crippen LogP contribution in [-0.4, -0.2) is 29.3 Å². The first-order valence-electron chi connectivity index (χ1n) is 3.26. The molecule has 1 saturated heterocycles. The summed E-state index contributed by atoms with van der Waals surface area (Å²) in [6, 6.07) is -0.812. The molecule has 11 heavy (non-hydrogen) atoms. The number of carboxylic acids is 1. The zero-order valence-electron chi connectivity index (χ0n) is 6.70. The third-order valence-corrected chi connectivity index (χ3v) is 1.80. The minimum atomic E-state index is -1.14. The van der Waals surface area contributed by atoms with Crippen molar-refractivity contribution in [3.8, 4) is 0 Å². The molecule has 0 aromatic rings. The molecule has 0 radical (unpaired) electrons. The Morgan fingerprint density at radius 2 is 2.27 bits per heavy atom. The number of aliphatic hydroxyl groups is 1. The fourth-order valence-corrected chi connectivity index (χ4v) is 1.11. The van der Waals surface area contributed by atoms with Gasteiger partial charge in [-0.2, -0.15) is 0 Å². The monoisotopic (exact) mass is 167 g/mol. The molecule has 5 heteroatoms. The number of hydrogen-bond acceptors (Lipinski definition) is 4. The molecule has 58 valence electrons. The number of hydrogen-bond donors (Lipinski definition) is 2. The van der Waals surface area contributed by atoms with Gasteiger partial charge in [-0.15, -0.1) is 0 Å². The smallest absolute Gasteiger partial charge is 0.548 e. The van der Waals surface area contributed by atoms with Gasteiger partial charge in [0.25, 0.3) is 0 Å². The molecule has 1 fully saturated rings. The number of nitrogens with one attached hydrogen (secondary N) is 1. The molecule has 1 aliphatic heterocycles. The predicted molar refractivity (Wildman–Crippen MR) is 32.0 cm³/mol. The van der Waals surface area contributed by atoms with Crippen molar-refractivity contribution in [2.24, 2.45) is 0 Å². The van der Waals surface area contributed by atoms with Crippen LogP contribution in [0.2, 0.25) is 0 Å². The second kappa shape index (κ2) is 4.42. The van der Waals surface area contributed by atoms with Crippen molar-refractivity contribution in [3.05, 3.63) is 0 Å². The zero-order chi connectivity index (χ0) is 7.72. The Morgan fingerprint density at radius 1 is 1.73 bits per heavy atom. The standard InChI is InChI=1S/C6H11NO3.Na/c1-3-5(8)2-4(7-3)6(9)10;/h3-5,7-8H,2H2,1H3,(H,9,10);/q;+1/p-1/t3-,4?,5?;/m0./s1. The van der Waals surface area contributed by atoms with E-state index in [0.29, 0.717) is 0 Å². The van der Waals surface area contributed by atoms with Crippen LogP contribution in [0.15, 0.2) is 0 Å². The Labute approximate surface area is 87.3 Å². The molecular weight excluding hydrogens is 157 g/mol. The van der Waals surface area contributed by atoms with E-state index in [2.05, 4.69) is 5.32 Å². The van der Waals surface area contributed by atoms with Gasteiger partial charge in [-0.05, 0) is 13.3 Å². The van der Waals surface area contributed by atoms with Crippen molar-refractivity contribution in [1.82, 2.24) is 5.32 Å². The van der Waals surface area contributed by atoms with E-state index in [0.717, 1.165) is 0 Å². The average Bonchev–Trinajstić information content (AvgIpc) is 2.13. The maximum absolute atomic E-state index is 10.2. The summed E-state index contributed by atoms with van der Waals surface area (Å²) in [5.41, 5.74) is 0. The van der Waals surface area contributed by atoms with Crippen LogP contribution in [0.4, 0.5) is 0 Å². The largest absolute Gasteiger partial charge is 1.00 e. The number of rotatable bonds is 1. The van der Waals surface area contributed by atoms with E-state index in [1.165, 1.54) is 0 Å². The van der Waals surface area contributed by atoms with Gasteiger partial charge < -0.3 is 20.3 Å². The summed E-state index contributed by atoms with van der Waals surface area (Å²) in [7, 11) is 0. The molecule has 1 aliphatic rings. The minimum Gasteiger partial charge on any atom is -0.548 e.